The van der Waals surface area contributed by atoms with Crippen LogP contribution in [-0.2, 0) is 9.53 Å². The number of rotatable bonds is 2. The molecule has 0 amide bonds. The maximum Gasteiger partial charge on any atom is 0.355 e. The summed E-state index contributed by atoms with van der Waals surface area (Å²) in [5.74, 6) is -0.643. The minimum absolute atomic E-state index is 0.0995. The third-order valence-corrected chi connectivity index (χ3v) is 1.45. The number of nitrogens with one attached hydrogen (secondary N) is 1. The fourth-order valence-corrected chi connectivity index (χ4v) is 0.447. The lowest BCUT2D eigenvalue weighted by Gasteiger charge is -1.97. The molecule has 10 heavy (non-hydrogen) atoms. The van der Waals surface area contributed by atoms with E-state index in [0.717, 1.165) is 6.21 Å². The van der Waals surface area contributed by atoms with Gasteiger partial charge in [0.1, 0.15) is 5.70 Å². The van der Waals surface area contributed by atoms with Gasteiger partial charge in [0.15, 0.2) is 0 Å². The third kappa shape index (κ3) is 2.18. The van der Waals surface area contributed by atoms with Crippen LogP contribution >= 0.6 is 15.9 Å². The molecule has 56 valence electrons. The van der Waals surface area contributed by atoms with Crippen molar-refractivity contribution in [3.8, 4) is 0 Å². The summed E-state index contributed by atoms with van der Waals surface area (Å²) in [5.41, 5.74) is 5.09. The Morgan fingerprint density at radius 3 is 2.60 bits per heavy atom. The van der Waals surface area contributed by atoms with Crippen LogP contribution in [0, 0.1) is 5.41 Å². The molecular formula is C5H7BrN2O2. The Bertz CT molecular complexity index is 188. The van der Waals surface area contributed by atoms with Gasteiger partial charge in [-0.3, -0.25) is 0 Å². The smallest absolute Gasteiger partial charge is 0.355 e. The number of allylic oxidation sites excluding steroid dienone is 1. The van der Waals surface area contributed by atoms with Gasteiger partial charge in [0.25, 0.3) is 0 Å². The number of hydrogen-bond acceptors (Lipinski definition) is 4. The molecule has 0 saturated carbocycles. The van der Waals surface area contributed by atoms with Crippen molar-refractivity contribution in [2.75, 3.05) is 7.11 Å². The summed E-state index contributed by atoms with van der Waals surface area (Å²) in [5, 5.41) is 6.69. The predicted molar refractivity (Wildman–Crippen MR) is 40.9 cm³/mol. The highest BCUT2D eigenvalue weighted by Gasteiger charge is 2.07. The standard InChI is InChI=1S/C5H7BrN2O2/c1-10-5(9)4(8)3(6)2-7/h2,7H,8H2,1H3/b4-3+,7-2?. The summed E-state index contributed by atoms with van der Waals surface area (Å²) in [6.07, 6.45) is 0.923. The molecule has 0 fully saturated rings. The molecule has 0 aliphatic heterocycles. The fraction of sp³-hybridized carbons (Fsp3) is 0.200. The first kappa shape index (κ1) is 9.16. The molecule has 0 bridgehead atoms. The van der Waals surface area contributed by atoms with E-state index in [0.29, 0.717) is 0 Å². The van der Waals surface area contributed by atoms with E-state index in [2.05, 4.69) is 20.7 Å². The molecule has 3 N–H and O–H groups in total. The molecule has 0 atom stereocenters. The van der Waals surface area contributed by atoms with E-state index in [4.69, 9.17) is 11.1 Å². The summed E-state index contributed by atoms with van der Waals surface area (Å²) in [7, 11) is 1.22. The lowest BCUT2D eigenvalue weighted by molar-refractivity contribution is -0.136. The van der Waals surface area contributed by atoms with Crippen molar-refractivity contribution in [1.82, 2.24) is 0 Å². The maximum atomic E-state index is 10.6. The number of nitrogens with two attached hydrogens (primary N) is 1. The molecule has 0 saturated heterocycles. The average molecular weight is 207 g/mol. The molecule has 0 aromatic rings. The second kappa shape index (κ2) is 4.05. The zero-order valence-corrected chi connectivity index (χ0v) is 6.94. The van der Waals surface area contributed by atoms with Gasteiger partial charge in [-0.15, -0.1) is 0 Å². The van der Waals surface area contributed by atoms with Gasteiger partial charge in [-0.1, -0.05) is 0 Å². The summed E-state index contributed by atoms with van der Waals surface area (Å²) < 4.78 is 4.50. The Morgan fingerprint density at radius 1 is 1.80 bits per heavy atom. The van der Waals surface area contributed by atoms with Crippen LogP contribution in [0.4, 0.5) is 0 Å². The average Bonchev–Trinajstić information content (AvgIpc) is 2.00. The van der Waals surface area contributed by atoms with Gasteiger partial charge in [-0.2, -0.15) is 0 Å². The molecule has 0 aliphatic carbocycles. The lowest BCUT2D eigenvalue weighted by Crippen LogP contribution is -2.14. The van der Waals surface area contributed by atoms with E-state index in [-0.39, 0.29) is 10.2 Å². The van der Waals surface area contributed by atoms with Crippen LogP contribution in [-0.4, -0.2) is 19.3 Å². The van der Waals surface area contributed by atoms with Crippen molar-refractivity contribution in [1.29, 1.82) is 5.41 Å². The van der Waals surface area contributed by atoms with Gasteiger partial charge >= 0.3 is 5.97 Å². The van der Waals surface area contributed by atoms with Crippen molar-refractivity contribution in [3.63, 3.8) is 0 Å². The highest BCUT2D eigenvalue weighted by molar-refractivity contribution is 9.12. The van der Waals surface area contributed by atoms with Gasteiger partial charge in [0, 0.05) is 6.21 Å². The van der Waals surface area contributed by atoms with Crippen LogP contribution in [0.3, 0.4) is 0 Å². The summed E-state index contributed by atoms with van der Waals surface area (Å²) in [6, 6.07) is 0. The van der Waals surface area contributed by atoms with Crippen molar-refractivity contribution in [2.45, 2.75) is 0 Å². The molecule has 4 nitrogen and oxygen atoms in total. The van der Waals surface area contributed by atoms with E-state index in [1.807, 2.05) is 0 Å². The Hall–Kier alpha value is -0.840. The molecular weight excluding hydrogens is 200 g/mol. The van der Waals surface area contributed by atoms with E-state index < -0.39 is 5.97 Å². The summed E-state index contributed by atoms with van der Waals surface area (Å²) >= 11 is 2.89. The number of carbonyl (C=O) groups excluding carboxylic acids is 1. The van der Waals surface area contributed by atoms with Crippen molar-refractivity contribution >= 4 is 28.1 Å². The second-order valence-corrected chi connectivity index (χ2v) is 2.25. The third-order valence-electron chi connectivity index (χ3n) is 0.789. The number of esters is 1. The Labute approximate surface area is 66.7 Å². The van der Waals surface area contributed by atoms with Gasteiger partial charge in [-0.25, -0.2) is 4.79 Å². The molecule has 0 unspecified atom stereocenters. The fourth-order valence-electron chi connectivity index (χ4n) is 0.285. The van der Waals surface area contributed by atoms with Crippen LogP contribution in [0.2, 0.25) is 0 Å². The van der Waals surface area contributed by atoms with Crippen LogP contribution in [0.1, 0.15) is 0 Å². The number of halogens is 1. The molecule has 0 aromatic carbocycles. The molecule has 0 aliphatic rings. The van der Waals surface area contributed by atoms with E-state index in [1.54, 1.807) is 0 Å². The van der Waals surface area contributed by atoms with Crippen molar-refractivity contribution in [2.24, 2.45) is 5.73 Å². The quantitative estimate of drug-likeness (QED) is 0.390. The van der Waals surface area contributed by atoms with Gasteiger partial charge in [-0.05, 0) is 15.9 Å². The maximum absolute atomic E-state index is 10.6. The zero-order chi connectivity index (χ0) is 8.15. The van der Waals surface area contributed by atoms with E-state index in [1.165, 1.54) is 7.11 Å². The van der Waals surface area contributed by atoms with Gasteiger partial charge in [0.2, 0.25) is 0 Å². The molecule has 0 radical (unpaired) electrons. The highest BCUT2D eigenvalue weighted by Crippen LogP contribution is 2.04. The van der Waals surface area contributed by atoms with Crippen LogP contribution < -0.4 is 5.73 Å². The number of hydrogen-bond donors (Lipinski definition) is 2. The Kier molecular flexibility index (Phi) is 3.71. The normalized spacial score (nSPS) is 11.8. The Balaban J connectivity index is 4.45. The first-order valence-electron chi connectivity index (χ1n) is 2.37. The SMILES string of the molecule is COC(=O)/C(N)=C(\Br)C=N. The van der Waals surface area contributed by atoms with Crippen LogP contribution in [0.15, 0.2) is 10.2 Å². The van der Waals surface area contributed by atoms with E-state index >= 15 is 0 Å². The molecule has 0 aromatic heterocycles. The minimum Gasteiger partial charge on any atom is -0.464 e. The number of ether oxygens (including phenoxy) is 1. The van der Waals surface area contributed by atoms with Crippen LogP contribution in [0.25, 0.3) is 0 Å². The Morgan fingerprint density at radius 2 is 2.30 bits per heavy atom. The molecule has 0 heterocycles. The number of methoxy groups -OCH3 is 1. The summed E-state index contributed by atoms with van der Waals surface area (Å²) in [4.78, 5) is 10.6. The van der Waals surface area contributed by atoms with Gasteiger partial charge < -0.3 is 15.9 Å². The largest absolute Gasteiger partial charge is 0.464 e. The number of carbonyl (C=O) groups is 1. The van der Waals surface area contributed by atoms with Crippen molar-refractivity contribution in [3.05, 3.63) is 10.2 Å². The topological polar surface area (TPSA) is 76.2 Å². The van der Waals surface area contributed by atoms with Crippen molar-refractivity contribution < 1.29 is 9.53 Å². The zero-order valence-electron chi connectivity index (χ0n) is 5.35. The van der Waals surface area contributed by atoms with Gasteiger partial charge in [0.05, 0.1) is 11.6 Å². The monoisotopic (exact) mass is 206 g/mol. The first-order valence-corrected chi connectivity index (χ1v) is 3.16. The predicted octanol–water partition coefficient (Wildman–Crippen LogP) is 0.374. The summed E-state index contributed by atoms with van der Waals surface area (Å²) in [6.45, 7) is 0. The molecule has 0 spiro atoms. The lowest BCUT2D eigenvalue weighted by atomic mass is 10.4. The molecule has 5 heteroatoms. The van der Waals surface area contributed by atoms with Crippen LogP contribution in [0.5, 0.6) is 0 Å². The first-order chi connectivity index (χ1) is 4.63. The second-order valence-electron chi connectivity index (χ2n) is 1.40. The highest BCUT2D eigenvalue weighted by atomic mass is 79.9. The molecule has 0 rings (SSSR count). The van der Waals surface area contributed by atoms with E-state index in [9.17, 15) is 4.79 Å². The minimum atomic E-state index is -0.643.